The Morgan fingerprint density at radius 3 is 2.36 bits per heavy atom. The molecule has 2 amide bonds. The van der Waals surface area contributed by atoms with Gasteiger partial charge in [-0.15, -0.1) is 12.6 Å². The summed E-state index contributed by atoms with van der Waals surface area (Å²) in [6, 6.07) is 13.3. The molecule has 1 fully saturated rings. The molecule has 0 aromatic heterocycles. The smallest absolute Gasteiger partial charge is 0.243 e. The third-order valence-corrected chi connectivity index (χ3v) is 8.32. The van der Waals surface area contributed by atoms with Crippen molar-refractivity contribution in [2.75, 3.05) is 6.54 Å². The van der Waals surface area contributed by atoms with Crippen LogP contribution in [-0.2, 0) is 26.0 Å². The first-order valence-corrected chi connectivity index (χ1v) is 13.8. The van der Waals surface area contributed by atoms with Gasteiger partial charge in [0.2, 0.25) is 21.8 Å². The Bertz CT molecular complexity index is 1190. The molecule has 1 heterocycles. The van der Waals surface area contributed by atoms with Gasteiger partial charge in [-0.1, -0.05) is 42.5 Å². The Labute approximate surface area is 217 Å². The van der Waals surface area contributed by atoms with Crippen LogP contribution in [0.5, 0.6) is 0 Å². The average molecular weight is 532 g/mol. The number of rotatable bonds is 10. The molecule has 1 aliphatic heterocycles. The lowest BCUT2D eigenvalue weighted by molar-refractivity contribution is -0.139. The number of hydrogen-bond donors (Lipinski definition) is 5. The fourth-order valence-corrected chi connectivity index (χ4v) is 5.11. The molecule has 0 bridgehead atoms. The highest BCUT2D eigenvalue weighted by atomic mass is 32.2. The predicted molar refractivity (Wildman–Crippen MR) is 142 cm³/mol. The van der Waals surface area contributed by atoms with E-state index in [0.29, 0.717) is 24.9 Å². The largest absolute Gasteiger partial charge is 0.386 e. The van der Waals surface area contributed by atoms with E-state index in [1.165, 1.54) is 4.90 Å². The van der Waals surface area contributed by atoms with Crippen molar-refractivity contribution >= 4 is 40.3 Å². The van der Waals surface area contributed by atoms with E-state index in [0.717, 1.165) is 10.5 Å². The summed E-state index contributed by atoms with van der Waals surface area (Å²) in [6.07, 6.45) is 1.17. The van der Waals surface area contributed by atoms with Gasteiger partial charge in [0.05, 0.1) is 5.25 Å². The predicted octanol–water partition coefficient (Wildman–Crippen LogP) is 2.00. The second-order valence-corrected chi connectivity index (χ2v) is 11.9. The second kappa shape index (κ2) is 11.9. The number of thiol groups is 1. The molecular weight excluding hydrogens is 498 g/mol. The fourth-order valence-electron chi connectivity index (χ4n) is 4.11. The number of benzene rings is 2. The Morgan fingerprint density at radius 2 is 1.78 bits per heavy atom. The van der Waals surface area contributed by atoms with E-state index in [9.17, 15) is 18.0 Å². The molecule has 1 unspecified atom stereocenters. The maximum absolute atomic E-state index is 13.6. The summed E-state index contributed by atoms with van der Waals surface area (Å²) in [5.41, 5.74) is 7.19. The lowest BCUT2D eigenvalue weighted by Crippen LogP contribution is -2.55. The summed E-state index contributed by atoms with van der Waals surface area (Å²) in [4.78, 5) is 29.1. The van der Waals surface area contributed by atoms with E-state index in [2.05, 4.69) is 22.7 Å². The molecule has 3 rings (SSSR count). The molecular formula is C25H33N5O4S2. The summed E-state index contributed by atoms with van der Waals surface area (Å²) >= 11 is 4.26. The van der Waals surface area contributed by atoms with Crippen LogP contribution in [0.3, 0.4) is 0 Å². The van der Waals surface area contributed by atoms with Gasteiger partial charge >= 0.3 is 0 Å². The topological polar surface area (TPSA) is 145 Å². The third-order valence-electron chi connectivity index (χ3n) is 6.17. The van der Waals surface area contributed by atoms with Crippen molar-refractivity contribution in [3.63, 3.8) is 0 Å². The lowest BCUT2D eigenvalue weighted by Gasteiger charge is -2.30. The van der Waals surface area contributed by atoms with Crippen molar-refractivity contribution in [3.8, 4) is 0 Å². The molecule has 1 saturated heterocycles. The van der Waals surface area contributed by atoms with E-state index in [-0.39, 0.29) is 12.3 Å². The van der Waals surface area contributed by atoms with Gasteiger partial charge < -0.3 is 16.0 Å². The van der Waals surface area contributed by atoms with Crippen molar-refractivity contribution in [2.45, 2.75) is 61.4 Å². The quantitative estimate of drug-likeness (QED) is 0.181. The Hall–Kier alpha value is -2.89. The molecule has 0 saturated carbocycles. The number of carbonyl (C=O) groups excluding carboxylic acids is 2. The first-order chi connectivity index (χ1) is 17.0. The number of sulfonamides is 1. The molecule has 194 valence electrons. The standard InChI is InChI=1S/C25H33N5O4S2/c1-16(2)36(33,34)29-20(15-17-7-4-3-5-8-17)25(32)30-14-6-9-21(30)24(31)28-22(23(26)27)18-10-12-19(35)13-11-18/h3-5,7-8,10-13,16,20-22,29,35H,6,9,14-15H2,1-2H3,(H3,26,27)(H,28,31)/t20-,21+,22?/m1/s1. The molecule has 36 heavy (non-hydrogen) atoms. The van der Waals surface area contributed by atoms with Gasteiger partial charge in [-0.2, -0.15) is 0 Å². The number of nitrogens with two attached hydrogens (primary N) is 1. The van der Waals surface area contributed by atoms with E-state index < -0.39 is 45.2 Å². The van der Waals surface area contributed by atoms with Crippen molar-refractivity contribution in [1.29, 1.82) is 5.41 Å². The first-order valence-electron chi connectivity index (χ1n) is 11.8. The molecule has 0 radical (unpaired) electrons. The highest BCUT2D eigenvalue weighted by molar-refractivity contribution is 7.90. The zero-order chi connectivity index (χ0) is 26.5. The SMILES string of the molecule is CC(C)S(=O)(=O)N[C@H](Cc1ccccc1)C(=O)N1CCC[C@H]1C(=O)NC(C(=N)N)c1ccc(S)cc1. The first kappa shape index (κ1) is 27.7. The van der Waals surface area contributed by atoms with Crippen LogP contribution < -0.4 is 15.8 Å². The minimum Gasteiger partial charge on any atom is -0.386 e. The number of amidine groups is 1. The molecule has 9 nitrogen and oxygen atoms in total. The number of nitrogens with zero attached hydrogens (tertiary/aromatic N) is 1. The molecule has 2 aromatic carbocycles. The number of amides is 2. The third kappa shape index (κ3) is 6.86. The number of hydrogen-bond acceptors (Lipinski definition) is 6. The molecule has 1 aliphatic rings. The van der Waals surface area contributed by atoms with E-state index in [1.54, 1.807) is 38.1 Å². The minimum absolute atomic E-state index is 0.155. The zero-order valence-corrected chi connectivity index (χ0v) is 22.1. The van der Waals surface area contributed by atoms with Crippen LogP contribution in [0.2, 0.25) is 0 Å². The van der Waals surface area contributed by atoms with Crippen LogP contribution >= 0.6 is 12.6 Å². The van der Waals surface area contributed by atoms with Crippen LogP contribution in [0.4, 0.5) is 0 Å². The summed E-state index contributed by atoms with van der Waals surface area (Å²) < 4.78 is 27.9. The van der Waals surface area contributed by atoms with Gasteiger partial charge in [0.25, 0.3) is 0 Å². The van der Waals surface area contributed by atoms with Crippen molar-refractivity contribution in [2.24, 2.45) is 5.73 Å². The number of carbonyl (C=O) groups is 2. The van der Waals surface area contributed by atoms with Gasteiger partial charge in [-0.05, 0) is 56.4 Å². The van der Waals surface area contributed by atoms with Crippen molar-refractivity contribution in [3.05, 3.63) is 65.7 Å². The van der Waals surface area contributed by atoms with Gasteiger partial charge in [-0.3, -0.25) is 15.0 Å². The van der Waals surface area contributed by atoms with Gasteiger partial charge in [0.15, 0.2) is 0 Å². The average Bonchev–Trinajstić information content (AvgIpc) is 3.32. The highest BCUT2D eigenvalue weighted by Gasteiger charge is 2.39. The summed E-state index contributed by atoms with van der Waals surface area (Å²) in [5, 5.41) is 10.0. The van der Waals surface area contributed by atoms with Gasteiger partial charge in [-0.25, -0.2) is 13.1 Å². The second-order valence-electron chi connectivity index (χ2n) is 9.13. The number of likely N-dealkylation sites (tertiary alicyclic amines) is 1. The molecule has 5 N–H and O–H groups in total. The normalized spacial score (nSPS) is 17.6. The lowest BCUT2D eigenvalue weighted by atomic mass is 10.0. The van der Waals surface area contributed by atoms with E-state index >= 15 is 0 Å². The van der Waals surface area contributed by atoms with Crippen LogP contribution in [-0.4, -0.2) is 54.8 Å². The van der Waals surface area contributed by atoms with Crippen LogP contribution in [0, 0.1) is 5.41 Å². The zero-order valence-electron chi connectivity index (χ0n) is 20.3. The summed E-state index contributed by atoms with van der Waals surface area (Å²) in [6.45, 7) is 3.41. The highest BCUT2D eigenvalue weighted by Crippen LogP contribution is 2.22. The molecule has 3 atom stereocenters. The maximum Gasteiger partial charge on any atom is 0.243 e. The monoisotopic (exact) mass is 531 g/mol. The Morgan fingerprint density at radius 1 is 1.14 bits per heavy atom. The Kier molecular flexibility index (Phi) is 9.15. The molecule has 2 aromatic rings. The molecule has 11 heteroatoms. The van der Waals surface area contributed by atoms with Gasteiger partial charge in [0.1, 0.15) is 24.0 Å². The van der Waals surface area contributed by atoms with Gasteiger partial charge in [0, 0.05) is 11.4 Å². The van der Waals surface area contributed by atoms with Crippen molar-refractivity contribution in [1.82, 2.24) is 14.9 Å². The summed E-state index contributed by atoms with van der Waals surface area (Å²) in [7, 11) is -3.75. The van der Waals surface area contributed by atoms with Crippen LogP contribution in [0.25, 0.3) is 0 Å². The molecule has 0 spiro atoms. The summed E-state index contributed by atoms with van der Waals surface area (Å²) in [5.74, 6) is -1.14. The molecule has 0 aliphatic carbocycles. The minimum atomic E-state index is -3.75. The maximum atomic E-state index is 13.6. The fraction of sp³-hybridized carbons (Fsp3) is 0.400. The van der Waals surface area contributed by atoms with Crippen LogP contribution in [0.15, 0.2) is 59.5 Å². The number of nitrogens with one attached hydrogen (secondary N) is 3. The van der Waals surface area contributed by atoms with Crippen LogP contribution in [0.1, 0.15) is 43.9 Å². The van der Waals surface area contributed by atoms with E-state index in [1.807, 2.05) is 30.3 Å². The van der Waals surface area contributed by atoms with Crippen molar-refractivity contribution < 1.29 is 18.0 Å². The Balaban J connectivity index is 1.82. The van der Waals surface area contributed by atoms with E-state index in [4.69, 9.17) is 11.1 Å².